The Labute approximate surface area is 163 Å². The summed E-state index contributed by atoms with van der Waals surface area (Å²) in [5, 5.41) is 3.72. The van der Waals surface area contributed by atoms with Gasteiger partial charge in [-0.1, -0.05) is 17.7 Å². The SMILES string of the molecule is CC1CNCCCN1S(=O)(=O)c1cccc2c(OS(C)(=O)=O)ncc(Cl)c12. The van der Waals surface area contributed by atoms with Crippen LogP contribution in [-0.4, -0.2) is 58.1 Å². The van der Waals surface area contributed by atoms with Gasteiger partial charge in [-0.05, 0) is 32.0 Å². The van der Waals surface area contributed by atoms with Crippen LogP contribution in [0.1, 0.15) is 13.3 Å². The van der Waals surface area contributed by atoms with E-state index in [9.17, 15) is 16.8 Å². The Morgan fingerprint density at radius 3 is 2.74 bits per heavy atom. The van der Waals surface area contributed by atoms with Gasteiger partial charge in [-0.25, -0.2) is 13.4 Å². The van der Waals surface area contributed by atoms with Crippen molar-refractivity contribution in [1.82, 2.24) is 14.6 Å². The van der Waals surface area contributed by atoms with Crippen LogP contribution in [0.5, 0.6) is 5.88 Å². The predicted molar refractivity (Wildman–Crippen MR) is 103 cm³/mol. The first-order chi connectivity index (χ1) is 12.6. The number of aromatic nitrogens is 1. The third-order valence-corrected chi connectivity index (χ3v) is 7.07. The average molecular weight is 434 g/mol. The third-order valence-electron chi connectivity index (χ3n) is 4.27. The molecule has 0 bridgehead atoms. The average Bonchev–Trinajstić information content (AvgIpc) is 2.81. The van der Waals surface area contributed by atoms with E-state index in [0.29, 0.717) is 19.5 Å². The van der Waals surface area contributed by atoms with Gasteiger partial charge in [0.1, 0.15) is 0 Å². The van der Waals surface area contributed by atoms with E-state index in [-0.39, 0.29) is 32.6 Å². The van der Waals surface area contributed by atoms with Crippen LogP contribution in [0.3, 0.4) is 0 Å². The van der Waals surface area contributed by atoms with Crippen molar-refractivity contribution in [1.29, 1.82) is 0 Å². The zero-order chi connectivity index (χ0) is 19.8. The van der Waals surface area contributed by atoms with Gasteiger partial charge in [0, 0.05) is 29.9 Å². The van der Waals surface area contributed by atoms with Crippen LogP contribution in [0.2, 0.25) is 5.02 Å². The molecule has 1 saturated heterocycles. The number of pyridine rings is 1. The molecule has 1 aromatic heterocycles. The molecule has 0 aliphatic carbocycles. The summed E-state index contributed by atoms with van der Waals surface area (Å²) in [6.07, 6.45) is 2.77. The molecule has 1 fully saturated rings. The first-order valence-electron chi connectivity index (χ1n) is 8.30. The second kappa shape index (κ2) is 7.51. The summed E-state index contributed by atoms with van der Waals surface area (Å²) in [5.41, 5.74) is 0. The number of nitrogens with one attached hydrogen (secondary N) is 1. The fourth-order valence-corrected chi connectivity index (χ4v) is 5.73. The number of sulfonamides is 1. The van der Waals surface area contributed by atoms with E-state index in [1.54, 1.807) is 0 Å². The Kier molecular flexibility index (Phi) is 5.64. The van der Waals surface area contributed by atoms with Gasteiger partial charge >= 0.3 is 10.1 Å². The number of rotatable bonds is 4. The molecule has 1 N–H and O–H groups in total. The molecule has 1 aliphatic rings. The van der Waals surface area contributed by atoms with Crippen molar-refractivity contribution in [2.24, 2.45) is 0 Å². The van der Waals surface area contributed by atoms with Crippen molar-refractivity contribution >= 4 is 42.5 Å². The van der Waals surface area contributed by atoms with Crippen LogP contribution < -0.4 is 9.50 Å². The van der Waals surface area contributed by atoms with Crippen LogP contribution in [-0.2, 0) is 20.1 Å². The molecule has 27 heavy (non-hydrogen) atoms. The van der Waals surface area contributed by atoms with E-state index in [1.165, 1.54) is 28.7 Å². The molecular weight excluding hydrogens is 414 g/mol. The van der Waals surface area contributed by atoms with Gasteiger partial charge in [0.15, 0.2) is 0 Å². The first kappa shape index (κ1) is 20.3. The summed E-state index contributed by atoms with van der Waals surface area (Å²) in [6, 6.07) is 4.27. The maximum Gasteiger partial charge on any atom is 0.307 e. The van der Waals surface area contributed by atoms with E-state index in [2.05, 4.69) is 10.3 Å². The highest BCUT2D eigenvalue weighted by Gasteiger charge is 2.32. The summed E-state index contributed by atoms with van der Waals surface area (Å²) >= 11 is 6.26. The molecule has 1 aromatic carbocycles. The normalized spacial score (nSPS) is 19.7. The third kappa shape index (κ3) is 4.19. The van der Waals surface area contributed by atoms with Crippen LogP contribution in [0.15, 0.2) is 29.3 Å². The molecule has 8 nitrogen and oxygen atoms in total. The molecular formula is C16H20ClN3O5S2. The highest BCUT2D eigenvalue weighted by atomic mass is 35.5. The molecule has 3 rings (SSSR count). The molecule has 0 saturated carbocycles. The first-order valence-corrected chi connectivity index (χ1v) is 11.9. The maximum absolute atomic E-state index is 13.4. The lowest BCUT2D eigenvalue weighted by atomic mass is 10.2. The number of halogens is 1. The lowest BCUT2D eigenvalue weighted by Gasteiger charge is -2.26. The summed E-state index contributed by atoms with van der Waals surface area (Å²) < 4.78 is 56.1. The van der Waals surface area contributed by atoms with Gasteiger partial charge in [-0.2, -0.15) is 12.7 Å². The summed E-state index contributed by atoms with van der Waals surface area (Å²) in [5.74, 6) is -0.209. The summed E-state index contributed by atoms with van der Waals surface area (Å²) in [6.45, 7) is 3.50. The number of benzene rings is 1. The van der Waals surface area contributed by atoms with Crippen LogP contribution >= 0.6 is 11.6 Å². The monoisotopic (exact) mass is 433 g/mol. The van der Waals surface area contributed by atoms with Gasteiger partial charge in [0.2, 0.25) is 15.9 Å². The lowest BCUT2D eigenvalue weighted by Crippen LogP contribution is -2.41. The predicted octanol–water partition coefficient (Wildman–Crippen LogP) is 1.60. The molecule has 0 radical (unpaired) electrons. The number of fused-ring (bicyclic) bond motifs is 1. The standard InChI is InChI=1S/C16H20ClN3O5S2/c1-11-9-18-7-4-8-20(11)27(23,24)14-6-3-5-12-15(14)13(17)10-19-16(12)25-26(2,21)22/h3,5-6,10-11,18H,4,7-9H2,1-2H3. The lowest BCUT2D eigenvalue weighted by molar-refractivity contribution is 0.354. The van der Waals surface area contributed by atoms with Gasteiger partial charge in [-0.3, -0.25) is 0 Å². The van der Waals surface area contributed by atoms with Crippen molar-refractivity contribution in [2.75, 3.05) is 25.9 Å². The molecule has 1 aliphatic heterocycles. The smallest absolute Gasteiger partial charge is 0.307 e. The number of hydrogen-bond donors (Lipinski definition) is 1. The van der Waals surface area contributed by atoms with E-state index in [1.807, 2.05) is 6.92 Å². The van der Waals surface area contributed by atoms with Crippen LogP contribution in [0, 0.1) is 0 Å². The largest absolute Gasteiger partial charge is 0.361 e. The molecule has 0 amide bonds. The maximum atomic E-state index is 13.4. The van der Waals surface area contributed by atoms with E-state index in [0.717, 1.165) is 12.8 Å². The van der Waals surface area contributed by atoms with Crippen molar-refractivity contribution in [3.63, 3.8) is 0 Å². The summed E-state index contributed by atoms with van der Waals surface area (Å²) in [7, 11) is -7.71. The fraction of sp³-hybridized carbons (Fsp3) is 0.438. The zero-order valence-corrected chi connectivity index (χ0v) is 17.2. The second-order valence-corrected chi connectivity index (χ2v) is 10.2. The Bertz CT molecular complexity index is 1070. The van der Waals surface area contributed by atoms with E-state index >= 15 is 0 Å². The van der Waals surface area contributed by atoms with Gasteiger partial charge < -0.3 is 9.50 Å². The highest BCUT2D eigenvalue weighted by molar-refractivity contribution is 7.89. The Morgan fingerprint density at radius 1 is 1.30 bits per heavy atom. The quantitative estimate of drug-likeness (QED) is 0.730. The Hall–Kier alpha value is -1.46. The minimum absolute atomic E-state index is 0.000462. The molecule has 1 atom stereocenters. The van der Waals surface area contributed by atoms with Crippen molar-refractivity contribution in [3.05, 3.63) is 29.4 Å². The Balaban J connectivity index is 2.21. The highest BCUT2D eigenvalue weighted by Crippen LogP contribution is 2.36. The summed E-state index contributed by atoms with van der Waals surface area (Å²) in [4.78, 5) is 3.91. The van der Waals surface area contributed by atoms with Gasteiger partial charge in [0.05, 0.1) is 22.4 Å². The van der Waals surface area contributed by atoms with Crippen LogP contribution in [0.25, 0.3) is 10.8 Å². The van der Waals surface area contributed by atoms with E-state index < -0.39 is 20.1 Å². The van der Waals surface area contributed by atoms with Gasteiger partial charge in [-0.15, -0.1) is 0 Å². The molecule has 2 aromatic rings. The molecule has 11 heteroatoms. The van der Waals surface area contributed by atoms with Crippen molar-refractivity contribution in [2.45, 2.75) is 24.3 Å². The topological polar surface area (TPSA) is 106 Å². The second-order valence-electron chi connectivity index (χ2n) is 6.40. The van der Waals surface area contributed by atoms with Gasteiger partial charge in [0.25, 0.3) is 0 Å². The number of hydrogen-bond acceptors (Lipinski definition) is 7. The molecule has 1 unspecified atom stereocenters. The fourth-order valence-electron chi connectivity index (χ4n) is 3.11. The Morgan fingerprint density at radius 2 is 2.04 bits per heavy atom. The molecule has 2 heterocycles. The molecule has 0 spiro atoms. The van der Waals surface area contributed by atoms with Crippen LogP contribution in [0.4, 0.5) is 0 Å². The number of nitrogens with zero attached hydrogens (tertiary/aromatic N) is 2. The van der Waals surface area contributed by atoms with E-state index in [4.69, 9.17) is 15.8 Å². The zero-order valence-electron chi connectivity index (χ0n) is 14.8. The minimum atomic E-state index is -3.87. The van der Waals surface area contributed by atoms with Crippen molar-refractivity contribution < 1.29 is 21.0 Å². The van der Waals surface area contributed by atoms with Crippen molar-refractivity contribution in [3.8, 4) is 5.88 Å². The molecule has 148 valence electrons. The minimum Gasteiger partial charge on any atom is -0.361 e.